The van der Waals surface area contributed by atoms with Gasteiger partial charge in [0, 0.05) is 12.1 Å². The molecule has 6 heteroatoms. The third-order valence-corrected chi connectivity index (χ3v) is 0.949. The van der Waals surface area contributed by atoms with Gasteiger partial charge in [0.15, 0.2) is 17.5 Å². The Kier molecular flexibility index (Phi) is 4.82. The van der Waals surface area contributed by atoms with E-state index in [-0.39, 0.29) is 30.4 Å². The van der Waals surface area contributed by atoms with Crippen LogP contribution in [0.15, 0.2) is 12.1 Å². The summed E-state index contributed by atoms with van der Waals surface area (Å²) in [5, 5.41) is 0. The van der Waals surface area contributed by atoms with Gasteiger partial charge in [0.05, 0.1) is 0 Å². The molecular weight excluding hydrogens is 229 g/mol. The summed E-state index contributed by atoms with van der Waals surface area (Å²) in [6, 6.07) is 0.552. The summed E-state index contributed by atoms with van der Waals surface area (Å²) in [4.78, 5) is 0. The number of halogens is 4. The summed E-state index contributed by atoms with van der Waals surface area (Å²) in [6.45, 7) is 0. The predicted molar refractivity (Wildman–Crippen MR) is 27.0 cm³/mol. The summed E-state index contributed by atoms with van der Waals surface area (Å²) in [5.74, 6) is -5.81. The topological polar surface area (TPSA) is 17.1 Å². The Morgan fingerprint density at radius 2 is 1.25 bits per heavy atom. The summed E-state index contributed by atoms with van der Waals surface area (Å²) in [5.41, 5.74) is 0. The zero-order chi connectivity index (χ0) is 9.72. The van der Waals surface area contributed by atoms with Crippen molar-refractivity contribution in [3.05, 3.63) is 35.4 Å². The molecule has 0 N–H and O–H groups in total. The van der Waals surface area contributed by atoms with E-state index in [9.17, 15) is 17.6 Å². The van der Waals surface area contributed by atoms with Crippen LogP contribution < -0.4 is 0 Å². The number of hydrogen-bond donors (Lipinski definition) is 0. The van der Waals surface area contributed by atoms with Crippen LogP contribution in [-0.2, 0) is 21.8 Å². The van der Waals surface area contributed by atoms with E-state index in [1.165, 1.54) is 0 Å². The van der Waals surface area contributed by atoms with Gasteiger partial charge in [-0.3, -0.25) is 0 Å². The minimum atomic E-state index is -1.65. The molecule has 0 unspecified atom stereocenters. The van der Waals surface area contributed by atoms with Gasteiger partial charge in [0.25, 0.3) is 0 Å². The van der Waals surface area contributed by atoms with Crippen molar-refractivity contribution in [1.82, 2.24) is 0 Å². The quantitative estimate of drug-likeness (QED) is 0.289. The van der Waals surface area contributed by atoms with E-state index < -0.39 is 23.3 Å². The Labute approximate surface area is 75.3 Å². The second-order valence-electron chi connectivity index (χ2n) is 1.68. The first-order chi connectivity index (χ1) is 5.61. The molecule has 1 nitrogen and oxygen atoms in total. The van der Waals surface area contributed by atoms with Crippen LogP contribution in [0.3, 0.4) is 0 Å². The van der Waals surface area contributed by atoms with Gasteiger partial charge in [-0.25, -0.2) is 17.6 Å². The van der Waals surface area contributed by atoms with Crippen LogP contribution in [0.25, 0.3) is 0 Å². The molecule has 12 heavy (non-hydrogen) atoms. The van der Waals surface area contributed by atoms with Gasteiger partial charge in [0.1, 0.15) is 5.82 Å². The molecule has 62 valence electrons. The molecule has 0 radical (unpaired) electrons. The van der Waals surface area contributed by atoms with Gasteiger partial charge in [-0.05, 0) is 0 Å². The fourth-order valence-electron chi connectivity index (χ4n) is 0.525. The van der Waals surface area contributed by atoms with Crippen molar-refractivity contribution in [2.24, 2.45) is 0 Å². The molecule has 0 amide bonds. The Bertz CT molecular complexity index is 255. The number of benzene rings is 1. The van der Waals surface area contributed by atoms with Crippen LogP contribution in [0.5, 0.6) is 0 Å². The number of hydrogen-bond acceptors (Lipinski definition) is 1. The Hall–Kier alpha value is -0.637. The second-order valence-corrected chi connectivity index (χ2v) is 1.68. The molecule has 0 spiro atoms. The van der Waals surface area contributed by atoms with Gasteiger partial charge >= 0.3 is 21.8 Å². The van der Waals surface area contributed by atoms with Gasteiger partial charge in [-0.15, -0.1) is 0 Å². The normalized spacial score (nSPS) is 8.83. The van der Waals surface area contributed by atoms with Crippen LogP contribution in [0.4, 0.5) is 17.6 Å². The molecule has 0 aliphatic heterocycles. The second kappa shape index (κ2) is 5.09. The minimum absolute atomic E-state index is 0.125. The molecule has 0 atom stereocenters. The summed E-state index contributed by atoms with van der Waals surface area (Å²) in [7, 11) is 0. The van der Waals surface area contributed by atoms with Gasteiger partial charge in [-0.2, -0.15) is 0 Å². The predicted octanol–water partition coefficient (Wildman–Crippen LogP) is 2.12. The van der Waals surface area contributed by atoms with Crippen LogP contribution >= 0.6 is 0 Å². The van der Waals surface area contributed by atoms with Crippen LogP contribution in [0.1, 0.15) is 0 Å². The standard InChI is InChI=1S/C6H2F4.O.Zn/c7-3-1-4(8)6(10)5(9)2-3;;/h1-2H;;. The van der Waals surface area contributed by atoms with Crippen molar-refractivity contribution in [3.63, 3.8) is 0 Å². The Balaban J connectivity index is 0.000000561. The van der Waals surface area contributed by atoms with E-state index in [1.54, 1.807) is 0 Å². The molecule has 0 fully saturated rings. The van der Waals surface area contributed by atoms with E-state index in [0.717, 1.165) is 0 Å². The van der Waals surface area contributed by atoms with Crippen molar-refractivity contribution >= 4 is 0 Å². The third-order valence-electron chi connectivity index (χ3n) is 0.949. The van der Waals surface area contributed by atoms with Gasteiger partial charge in [-0.1, -0.05) is 0 Å². The van der Waals surface area contributed by atoms with Gasteiger partial charge in [0.2, 0.25) is 0 Å². The molecule has 0 aromatic heterocycles. The van der Waals surface area contributed by atoms with E-state index >= 15 is 0 Å². The van der Waals surface area contributed by atoms with E-state index in [0.29, 0.717) is 0 Å². The average Bonchev–Trinajstić information content (AvgIpc) is 2.04. The molecule has 1 aromatic rings. The zero-order valence-corrected chi connectivity index (χ0v) is 8.75. The van der Waals surface area contributed by atoms with E-state index in [1.807, 2.05) is 0 Å². The van der Waals surface area contributed by atoms with Crippen LogP contribution in [0.2, 0.25) is 0 Å². The summed E-state index contributed by atoms with van der Waals surface area (Å²) in [6.07, 6.45) is 0. The first kappa shape index (κ1) is 11.4. The molecule has 1 rings (SSSR count). The number of rotatable bonds is 0. The molecule has 0 aliphatic rings. The first-order valence-corrected chi connectivity index (χ1v) is 3.91. The average molecular weight is 231 g/mol. The van der Waals surface area contributed by atoms with Crippen LogP contribution in [0, 0.1) is 23.3 Å². The molecule has 0 saturated carbocycles. The summed E-state index contributed by atoms with van der Waals surface area (Å²) >= 11 is 0.125. The Morgan fingerprint density at radius 3 is 1.58 bits per heavy atom. The molecular formula is C6H2F4OZn. The van der Waals surface area contributed by atoms with Crippen molar-refractivity contribution in [1.29, 1.82) is 0 Å². The Morgan fingerprint density at radius 1 is 0.917 bits per heavy atom. The first-order valence-electron chi connectivity index (χ1n) is 2.70. The molecule has 0 aliphatic carbocycles. The van der Waals surface area contributed by atoms with E-state index in [4.69, 9.17) is 3.57 Å². The fourth-order valence-corrected chi connectivity index (χ4v) is 0.525. The van der Waals surface area contributed by atoms with Crippen molar-refractivity contribution in [2.75, 3.05) is 0 Å². The maximum absolute atomic E-state index is 12.0. The summed E-state index contributed by atoms with van der Waals surface area (Å²) < 4.78 is 56.3. The van der Waals surface area contributed by atoms with E-state index in [2.05, 4.69) is 0 Å². The van der Waals surface area contributed by atoms with Crippen molar-refractivity contribution < 1.29 is 39.4 Å². The van der Waals surface area contributed by atoms with Crippen molar-refractivity contribution in [3.8, 4) is 0 Å². The fraction of sp³-hybridized carbons (Fsp3) is 0. The zero-order valence-electron chi connectivity index (χ0n) is 5.78. The molecule has 1 aromatic carbocycles. The van der Waals surface area contributed by atoms with Crippen LogP contribution in [-0.4, -0.2) is 0 Å². The molecule has 0 heterocycles. The maximum atomic E-state index is 12.0. The third kappa shape index (κ3) is 2.77. The molecule has 0 saturated heterocycles. The van der Waals surface area contributed by atoms with Crippen molar-refractivity contribution in [2.45, 2.75) is 0 Å². The SMILES string of the molecule is Fc1cc(F)c(F)c(F)c1.[O]=[Zn]. The monoisotopic (exact) mass is 230 g/mol. The van der Waals surface area contributed by atoms with Gasteiger partial charge < -0.3 is 0 Å². The molecule has 0 bridgehead atoms.